The maximum atomic E-state index is 11.8. The molecule has 4 aromatic rings. The molecular formula is C21H23N7O. The zero-order valence-electron chi connectivity index (χ0n) is 16.4. The number of rotatable bonds is 7. The van der Waals surface area contributed by atoms with E-state index in [0.29, 0.717) is 24.6 Å². The lowest BCUT2D eigenvalue weighted by Crippen LogP contribution is -2.30. The predicted octanol–water partition coefficient (Wildman–Crippen LogP) is 3.55. The third kappa shape index (κ3) is 4.60. The Morgan fingerprint density at radius 3 is 2.72 bits per heavy atom. The largest absolute Gasteiger partial charge is 0.354 e. The number of aromatic amines is 2. The van der Waals surface area contributed by atoms with Gasteiger partial charge in [-0.2, -0.15) is 10.1 Å². The van der Waals surface area contributed by atoms with E-state index < -0.39 is 0 Å². The highest BCUT2D eigenvalue weighted by atomic mass is 16.1. The SMILES string of the molecule is CC(C)NC(=O)CCc1ccc(-c2nc(Nc3ccc4[nH]ncc4c3)n[nH]2)cc1. The Bertz CT molecular complexity index is 1110. The van der Waals surface area contributed by atoms with Crippen LogP contribution in [0.25, 0.3) is 22.3 Å². The van der Waals surface area contributed by atoms with Crippen LogP contribution in [0.4, 0.5) is 11.6 Å². The maximum Gasteiger partial charge on any atom is 0.246 e. The van der Waals surface area contributed by atoms with E-state index in [1.54, 1.807) is 6.20 Å². The number of hydrogen-bond acceptors (Lipinski definition) is 5. The van der Waals surface area contributed by atoms with Gasteiger partial charge in [0.2, 0.25) is 11.9 Å². The Morgan fingerprint density at radius 2 is 1.93 bits per heavy atom. The second-order valence-corrected chi connectivity index (χ2v) is 7.22. The summed E-state index contributed by atoms with van der Waals surface area (Å²) >= 11 is 0. The Kier molecular flexibility index (Phi) is 5.24. The topological polar surface area (TPSA) is 111 Å². The molecule has 0 aliphatic rings. The van der Waals surface area contributed by atoms with Gasteiger partial charge in [0.1, 0.15) is 0 Å². The normalized spacial score (nSPS) is 11.1. The van der Waals surface area contributed by atoms with Crippen molar-refractivity contribution in [1.29, 1.82) is 0 Å². The lowest BCUT2D eigenvalue weighted by Gasteiger charge is -2.08. The number of nitrogens with one attached hydrogen (secondary N) is 4. The molecule has 0 spiro atoms. The van der Waals surface area contributed by atoms with Crippen LogP contribution < -0.4 is 10.6 Å². The standard InChI is InChI=1S/C21H23N7O/c1-13(2)23-19(29)10-5-14-3-6-15(7-4-14)20-25-21(28-27-20)24-17-8-9-18-16(11-17)12-22-26-18/h3-4,6-9,11-13H,5,10H2,1-2H3,(H,22,26)(H,23,29)(H2,24,25,27,28). The summed E-state index contributed by atoms with van der Waals surface area (Å²) in [6, 6.07) is 14.1. The van der Waals surface area contributed by atoms with Crippen LogP contribution in [0.15, 0.2) is 48.7 Å². The van der Waals surface area contributed by atoms with Crippen molar-refractivity contribution in [3.63, 3.8) is 0 Å². The number of carbonyl (C=O) groups is 1. The first kappa shape index (κ1) is 18.7. The van der Waals surface area contributed by atoms with Gasteiger partial charge in [-0.25, -0.2) is 0 Å². The molecule has 1 amide bonds. The summed E-state index contributed by atoms with van der Waals surface area (Å²) in [7, 11) is 0. The monoisotopic (exact) mass is 389 g/mol. The third-order valence-corrected chi connectivity index (χ3v) is 4.50. The number of amides is 1. The molecule has 4 N–H and O–H groups in total. The summed E-state index contributed by atoms with van der Waals surface area (Å²) < 4.78 is 0. The van der Waals surface area contributed by atoms with Gasteiger partial charge in [-0.3, -0.25) is 15.0 Å². The van der Waals surface area contributed by atoms with Crippen molar-refractivity contribution in [3.05, 3.63) is 54.2 Å². The molecule has 8 nitrogen and oxygen atoms in total. The minimum Gasteiger partial charge on any atom is -0.354 e. The highest BCUT2D eigenvalue weighted by molar-refractivity contribution is 5.82. The van der Waals surface area contributed by atoms with Gasteiger partial charge in [0, 0.05) is 29.1 Å². The molecule has 0 radical (unpaired) electrons. The van der Waals surface area contributed by atoms with Crippen LogP contribution in [0.2, 0.25) is 0 Å². The molecule has 8 heteroatoms. The van der Waals surface area contributed by atoms with Gasteiger partial charge >= 0.3 is 0 Å². The predicted molar refractivity (Wildman–Crippen MR) is 113 cm³/mol. The number of H-pyrrole nitrogens is 2. The van der Waals surface area contributed by atoms with Gasteiger partial charge in [0.05, 0.1) is 11.7 Å². The van der Waals surface area contributed by atoms with E-state index in [9.17, 15) is 4.79 Å². The van der Waals surface area contributed by atoms with Crippen LogP contribution in [0.3, 0.4) is 0 Å². The Hall–Kier alpha value is -3.68. The third-order valence-electron chi connectivity index (χ3n) is 4.50. The number of nitrogens with zero attached hydrogens (tertiary/aromatic N) is 3. The van der Waals surface area contributed by atoms with Gasteiger partial charge < -0.3 is 10.6 Å². The van der Waals surface area contributed by atoms with E-state index in [1.807, 2.05) is 56.3 Å². The van der Waals surface area contributed by atoms with Gasteiger partial charge in [-0.1, -0.05) is 24.3 Å². The van der Waals surface area contributed by atoms with E-state index in [0.717, 1.165) is 27.7 Å². The molecule has 0 saturated carbocycles. The molecule has 0 saturated heterocycles. The zero-order chi connectivity index (χ0) is 20.2. The second-order valence-electron chi connectivity index (χ2n) is 7.22. The van der Waals surface area contributed by atoms with Crippen LogP contribution >= 0.6 is 0 Å². The van der Waals surface area contributed by atoms with Gasteiger partial charge in [0.15, 0.2) is 5.82 Å². The minimum absolute atomic E-state index is 0.0728. The summed E-state index contributed by atoms with van der Waals surface area (Å²) in [6.45, 7) is 3.92. The molecule has 4 rings (SSSR count). The van der Waals surface area contributed by atoms with Crippen LogP contribution in [-0.4, -0.2) is 37.3 Å². The lowest BCUT2D eigenvalue weighted by atomic mass is 10.1. The summed E-state index contributed by atoms with van der Waals surface area (Å²) in [5, 5.41) is 21.3. The molecule has 2 aromatic heterocycles. The number of aryl methyl sites for hydroxylation is 1. The number of carbonyl (C=O) groups excluding carboxylic acids is 1. The molecule has 0 bridgehead atoms. The minimum atomic E-state index is 0.0728. The fourth-order valence-electron chi connectivity index (χ4n) is 3.08. The molecule has 29 heavy (non-hydrogen) atoms. The Morgan fingerprint density at radius 1 is 1.10 bits per heavy atom. The zero-order valence-corrected chi connectivity index (χ0v) is 16.4. The van der Waals surface area contributed by atoms with Crippen LogP contribution in [0.5, 0.6) is 0 Å². The Labute approximate surface area is 168 Å². The van der Waals surface area contributed by atoms with Crippen molar-refractivity contribution in [2.75, 3.05) is 5.32 Å². The summed E-state index contributed by atoms with van der Waals surface area (Å²) in [5.41, 5.74) is 3.91. The van der Waals surface area contributed by atoms with Crippen molar-refractivity contribution in [2.24, 2.45) is 0 Å². The van der Waals surface area contributed by atoms with E-state index >= 15 is 0 Å². The molecule has 0 aliphatic heterocycles. The van der Waals surface area contributed by atoms with Crippen LogP contribution in [-0.2, 0) is 11.2 Å². The molecule has 2 heterocycles. The smallest absolute Gasteiger partial charge is 0.246 e. The van der Waals surface area contributed by atoms with E-state index in [1.165, 1.54) is 0 Å². The van der Waals surface area contributed by atoms with Crippen molar-refractivity contribution in [3.8, 4) is 11.4 Å². The van der Waals surface area contributed by atoms with E-state index in [-0.39, 0.29) is 11.9 Å². The van der Waals surface area contributed by atoms with Crippen LogP contribution in [0, 0.1) is 0 Å². The van der Waals surface area contributed by atoms with E-state index in [2.05, 4.69) is 36.0 Å². The average Bonchev–Trinajstić information content (AvgIpc) is 3.35. The first-order valence-corrected chi connectivity index (χ1v) is 9.58. The molecule has 148 valence electrons. The molecule has 0 unspecified atom stereocenters. The number of aromatic nitrogens is 5. The molecule has 0 aliphatic carbocycles. The first-order chi connectivity index (χ1) is 14.1. The lowest BCUT2D eigenvalue weighted by molar-refractivity contribution is -0.121. The molecule has 2 aromatic carbocycles. The second kappa shape index (κ2) is 8.14. The number of hydrogen-bond donors (Lipinski definition) is 4. The summed E-state index contributed by atoms with van der Waals surface area (Å²) in [5.74, 6) is 1.25. The van der Waals surface area contributed by atoms with Crippen molar-refractivity contribution >= 4 is 28.4 Å². The summed E-state index contributed by atoms with van der Waals surface area (Å²) in [6.07, 6.45) is 2.96. The van der Waals surface area contributed by atoms with Crippen molar-refractivity contribution in [1.82, 2.24) is 30.7 Å². The van der Waals surface area contributed by atoms with Crippen molar-refractivity contribution in [2.45, 2.75) is 32.7 Å². The Balaban J connectivity index is 1.39. The molecule has 0 fully saturated rings. The summed E-state index contributed by atoms with van der Waals surface area (Å²) in [4.78, 5) is 16.3. The average molecular weight is 389 g/mol. The fourth-order valence-corrected chi connectivity index (χ4v) is 3.08. The molecule has 0 atom stereocenters. The van der Waals surface area contributed by atoms with E-state index in [4.69, 9.17) is 0 Å². The quantitative estimate of drug-likeness (QED) is 0.386. The van der Waals surface area contributed by atoms with Crippen LogP contribution in [0.1, 0.15) is 25.8 Å². The van der Waals surface area contributed by atoms with Gasteiger partial charge in [-0.15, -0.1) is 5.10 Å². The number of fused-ring (bicyclic) bond motifs is 1. The maximum absolute atomic E-state index is 11.8. The highest BCUT2D eigenvalue weighted by Gasteiger charge is 2.08. The highest BCUT2D eigenvalue weighted by Crippen LogP contribution is 2.21. The number of benzene rings is 2. The molecular weight excluding hydrogens is 366 g/mol. The fraction of sp³-hybridized carbons (Fsp3) is 0.238. The van der Waals surface area contributed by atoms with Gasteiger partial charge in [-0.05, 0) is 44.0 Å². The number of anilines is 2. The van der Waals surface area contributed by atoms with Gasteiger partial charge in [0.25, 0.3) is 0 Å². The van der Waals surface area contributed by atoms with Crippen molar-refractivity contribution < 1.29 is 4.79 Å². The first-order valence-electron chi connectivity index (χ1n) is 9.58.